The number of nitrogens with two attached hydrogens (primary N) is 1. The number of ether oxygens (including phenoxy) is 2. The number of halogens is 1. The summed E-state index contributed by atoms with van der Waals surface area (Å²) < 4.78 is 11.2. The van der Waals surface area contributed by atoms with Crippen LogP contribution in [-0.2, 0) is 4.79 Å². The molecule has 98 valence electrons. The first-order chi connectivity index (χ1) is 8.49. The fourth-order valence-electron chi connectivity index (χ4n) is 1.24. The predicted octanol–water partition coefficient (Wildman–Crippen LogP) is 1.77. The first kappa shape index (κ1) is 14.5. The van der Waals surface area contributed by atoms with E-state index < -0.39 is 11.8 Å². The van der Waals surface area contributed by atoms with Gasteiger partial charge >= 0.3 is 0 Å². The third-order valence-corrected chi connectivity index (χ3v) is 2.94. The van der Waals surface area contributed by atoms with Crippen LogP contribution in [0.5, 0.6) is 11.5 Å². The van der Waals surface area contributed by atoms with Crippen molar-refractivity contribution < 1.29 is 19.1 Å². The summed E-state index contributed by atoms with van der Waals surface area (Å²) in [6.45, 7) is 1.81. The quantitative estimate of drug-likeness (QED) is 0.811. The van der Waals surface area contributed by atoms with Gasteiger partial charge in [-0.3, -0.25) is 9.59 Å². The van der Waals surface area contributed by atoms with E-state index in [9.17, 15) is 9.59 Å². The zero-order chi connectivity index (χ0) is 13.7. The Balaban J connectivity index is 2.94. The van der Waals surface area contributed by atoms with Crippen LogP contribution in [0.15, 0.2) is 16.6 Å². The smallest absolute Gasteiger partial charge is 0.223 e. The minimum Gasteiger partial charge on any atom is -0.493 e. The summed E-state index contributed by atoms with van der Waals surface area (Å²) in [6, 6.07) is 3.17. The van der Waals surface area contributed by atoms with Crippen molar-refractivity contribution in [2.75, 3.05) is 13.7 Å². The highest BCUT2D eigenvalue weighted by Gasteiger charge is 2.15. The molecule has 0 radical (unpaired) electrons. The molecule has 0 saturated heterocycles. The van der Waals surface area contributed by atoms with Crippen molar-refractivity contribution in [3.63, 3.8) is 0 Å². The largest absolute Gasteiger partial charge is 0.493 e. The molecule has 1 aromatic carbocycles. The van der Waals surface area contributed by atoms with Gasteiger partial charge in [0.2, 0.25) is 5.91 Å². The van der Waals surface area contributed by atoms with Crippen LogP contribution < -0.4 is 15.2 Å². The van der Waals surface area contributed by atoms with Crippen molar-refractivity contribution in [2.24, 2.45) is 11.7 Å². The average Bonchev–Trinajstić information content (AvgIpc) is 2.35. The Morgan fingerprint density at radius 2 is 2.22 bits per heavy atom. The second-order valence-corrected chi connectivity index (χ2v) is 4.62. The number of carbonyl (C=O) groups excluding carboxylic acids is 2. The summed E-state index contributed by atoms with van der Waals surface area (Å²) in [6.07, 6.45) is 0.711. The zero-order valence-corrected chi connectivity index (χ0v) is 11.7. The van der Waals surface area contributed by atoms with E-state index in [0.717, 1.165) is 0 Å². The number of methoxy groups -OCH3 is 1. The summed E-state index contributed by atoms with van der Waals surface area (Å²) in [7, 11) is 1.47. The first-order valence-electron chi connectivity index (χ1n) is 5.24. The Morgan fingerprint density at radius 3 is 2.72 bits per heavy atom. The van der Waals surface area contributed by atoms with Crippen LogP contribution in [-0.4, -0.2) is 25.9 Å². The topological polar surface area (TPSA) is 78.6 Å². The van der Waals surface area contributed by atoms with Crippen molar-refractivity contribution in [1.82, 2.24) is 0 Å². The summed E-state index contributed by atoms with van der Waals surface area (Å²) in [4.78, 5) is 21.6. The maximum absolute atomic E-state index is 10.9. The third kappa shape index (κ3) is 3.46. The Kier molecular flexibility index (Phi) is 5.15. The van der Waals surface area contributed by atoms with Gasteiger partial charge in [-0.25, -0.2) is 0 Å². The van der Waals surface area contributed by atoms with Gasteiger partial charge in [-0.1, -0.05) is 6.92 Å². The monoisotopic (exact) mass is 315 g/mol. The molecule has 1 unspecified atom stereocenters. The molecule has 0 heterocycles. The van der Waals surface area contributed by atoms with E-state index >= 15 is 0 Å². The lowest BCUT2D eigenvalue weighted by atomic mass is 10.2. The molecule has 1 amide bonds. The van der Waals surface area contributed by atoms with Gasteiger partial charge in [-0.05, 0) is 28.1 Å². The number of hydrogen-bond donors (Lipinski definition) is 1. The predicted molar refractivity (Wildman–Crippen MR) is 69.9 cm³/mol. The molecule has 1 rings (SSSR count). The normalized spacial score (nSPS) is 11.7. The second-order valence-electron chi connectivity index (χ2n) is 3.77. The van der Waals surface area contributed by atoms with E-state index in [1.54, 1.807) is 19.1 Å². The molecule has 18 heavy (non-hydrogen) atoms. The van der Waals surface area contributed by atoms with Gasteiger partial charge in [0.1, 0.15) is 6.29 Å². The SMILES string of the molecule is COc1cc(C=O)cc(Br)c1OCC(C)C(N)=O. The van der Waals surface area contributed by atoms with Crippen LogP contribution in [0.2, 0.25) is 0 Å². The van der Waals surface area contributed by atoms with Crippen LogP contribution in [0, 0.1) is 5.92 Å². The Morgan fingerprint density at radius 1 is 1.56 bits per heavy atom. The van der Waals surface area contributed by atoms with E-state index in [-0.39, 0.29) is 6.61 Å². The lowest BCUT2D eigenvalue weighted by molar-refractivity contribution is -0.122. The Labute approximate surface area is 113 Å². The van der Waals surface area contributed by atoms with Crippen molar-refractivity contribution in [3.05, 3.63) is 22.2 Å². The maximum atomic E-state index is 10.9. The minimum absolute atomic E-state index is 0.144. The van der Waals surface area contributed by atoms with Gasteiger partial charge in [-0.15, -0.1) is 0 Å². The Bertz CT molecular complexity index is 462. The second kappa shape index (κ2) is 6.39. The lowest BCUT2D eigenvalue weighted by Crippen LogP contribution is -2.25. The minimum atomic E-state index is -0.436. The maximum Gasteiger partial charge on any atom is 0.223 e. The van der Waals surface area contributed by atoms with Crippen LogP contribution in [0.3, 0.4) is 0 Å². The number of aldehydes is 1. The molecule has 2 N–H and O–H groups in total. The molecule has 6 heteroatoms. The van der Waals surface area contributed by atoms with Crippen LogP contribution in [0.4, 0.5) is 0 Å². The fraction of sp³-hybridized carbons (Fsp3) is 0.333. The first-order valence-corrected chi connectivity index (χ1v) is 6.03. The molecule has 0 aromatic heterocycles. The Hall–Kier alpha value is -1.56. The molecule has 0 aliphatic rings. The molecular formula is C12H14BrNO4. The number of benzene rings is 1. The van der Waals surface area contributed by atoms with Crippen molar-refractivity contribution in [1.29, 1.82) is 0 Å². The number of amides is 1. The highest BCUT2D eigenvalue weighted by Crippen LogP contribution is 2.36. The highest BCUT2D eigenvalue weighted by atomic mass is 79.9. The van der Waals surface area contributed by atoms with E-state index in [1.165, 1.54) is 7.11 Å². The average molecular weight is 316 g/mol. The van der Waals surface area contributed by atoms with Crippen molar-refractivity contribution in [2.45, 2.75) is 6.92 Å². The van der Waals surface area contributed by atoms with Gasteiger partial charge in [0.15, 0.2) is 11.5 Å². The van der Waals surface area contributed by atoms with Crippen molar-refractivity contribution in [3.8, 4) is 11.5 Å². The molecule has 0 aliphatic carbocycles. The number of primary amides is 1. The van der Waals surface area contributed by atoms with Crippen LogP contribution >= 0.6 is 15.9 Å². The third-order valence-electron chi connectivity index (χ3n) is 2.35. The number of carbonyl (C=O) groups is 2. The summed E-state index contributed by atoms with van der Waals surface area (Å²) in [5.74, 6) is 0.0151. The van der Waals surface area contributed by atoms with Gasteiger partial charge in [0.25, 0.3) is 0 Å². The molecule has 0 bridgehead atoms. The van der Waals surface area contributed by atoms with E-state index in [2.05, 4.69) is 15.9 Å². The lowest BCUT2D eigenvalue weighted by Gasteiger charge is -2.15. The number of hydrogen-bond acceptors (Lipinski definition) is 4. The van der Waals surface area contributed by atoms with Gasteiger partial charge in [0.05, 0.1) is 24.1 Å². The molecule has 0 fully saturated rings. The summed E-state index contributed by atoms with van der Waals surface area (Å²) in [5.41, 5.74) is 5.61. The summed E-state index contributed by atoms with van der Waals surface area (Å²) >= 11 is 3.29. The molecule has 0 aliphatic heterocycles. The van der Waals surface area contributed by atoms with Gasteiger partial charge < -0.3 is 15.2 Å². The van der Waals surface area contributed by atoms with E-state index in [1.807, 2.05) is 0 Å². The molecule has 1 atom stereocenters. The molecule has 5 nitrogen and oxygen atoms in total. The van der Waals surface area contributed by atoms with Crippen LogP contribution in [0.1, 0.15) is 17.3 Å². The fourth-order valence-corrected chi connectivity index (χ4v) is 1.81. The van der Waals surface area contributed by atoms with E-state index in [4.69, 9.17) is 15.2 Å². The highest BCUT2D eigenvalue weighted by molar-refractivity contribution is 9.10. The van der Waals surface area contributed by atoms with Gasteiger partial charge in [-0.2, -0.15) is 0 Å². The molecule has 0 saturated carbocycles. The number of rotatable bonds is 6. The standard InChI is InChI=1S/C12H14BrNO4/c1-7(12(14)16)6-18-11-9(13)3-8(5-15)4-10(11)17-2/h3-5,7H,6H2,1-2H3,(H2,14,16). The van der Waals surface area contributed by atoms with E-state index in [0.29, 0.717) is 27.8 Å². The molecular weight excluding hydrogens is 302 g/mol. The summed E-state index contributed by atoms with van der Waals surface area (Å²) in [5, 5.41) is 0. The van der Waals surface area contributed by atoms with Gasteiger partial charge in [0, 0.05) is 5.56 Å². The van der Waals surface area contributed by atoms with Crippen molar-refractivity contribution >= 4 is 28.1 Å². The van der Waals surface area contributed by atoms with Crippen LogP contribution in [0.25, 0.3) is 0 Å². The molecule has 1 aromatic rings. The molecule has 0 spiro atoms. The zero-order valence-electron chi connectivity index (χ0n) is 10.1.